The van der Waals surface area contributed by atoms with Crippen LogP contribution in [0.3, 0.4) is 0 Å². The third-order valence-electron chi connectivity index (χ3n) is 10.4. The molecule has 1 unspecified atom stereocenters. The maximum Gasteiger partial charge on any atom is 0.406 e. The summed E-state index contributed by atoms with van der Waals surface area (Å²) in [7, 11) is 3.85. The van der Waals surface area contributed by atoms with Gasteiger partial charge in [-0.05, 0) is 91.8 Å². The number of hydrogen-bond acceptors (Lipinski definition) is 4. The topological polar surface area (TPSA) is 64.6 Å². The highest BCUT2D eigenvalue weighted by molar-refractivity contribution is 7.09. The average Bonchev–Trinajstić information content (AvgIpc) is 3.11. The molecule has 6 heteroatoms. The zero-order valence-electron chi connectivity index (χ0n) is 19.8. The van der Waals surface area contributed by atoms with Crippen LogP contribution < -0.4 is 5.32 Å². The van der Waals surface area contributed by atoms with E-state index in [4.69, 9.17) is 9.26 Å². The Labute approximate surface area is 190 Å². The van der Waals surface area contributed by atoms with Crippen LogP contribution in [0.4, 0.5) is 4.79 Å². The third kappa shape index (κ3) is 3.97. The first-order valence-electron chi connectivity index (χ1n) is 12.4. The molecule has 5 nitrogen and oxygen atoms in total. The van der Waals surface area contributed by atoms with Crippen LogP contribution in [0.25, 0.3) is 0 Å². The number of hydrogen-bond donors (Lipinski definition) is 1. The van der Waals surface area contributed by atoms with Crippen molar-refractivity contribution in [1.29, 1.82) is 0 Å². The Morgan fingerprint density at radius 3 is 2.58 bits per heavy atom. The highest BCUT2D eigenvalue weighted by atomic mass is 31.0. The van der Waals surface area contributed by atoms with E-state index < -0.39 is 0 Å². The molecule has 1 amide bonds. The van der Waals surface area contributed by atoms with E-state index in [0.717, 1.165) is 25.7 Å². The summed E-state index contributed by atoms with van der Waals surface area (Å²) >= 11 is 0. The van der Waals surface area contributed by atoms with Crippen LogP contribution in [0.1, 0.15) is 78.6 Å². The van der Waals surface area contributed by atoms with Crippen molar-refractivity contribution in [1.82, 2.24) is 5.32 Å². The van der Waals surface area contributed by atoms with E-state index in [-0.39, 0.29) is 17.4 Å². The van der Waals surface area contributed by atoms with Crippen molar-refractivity contribution in [2.75, 3.05) is 13.7 Å². The Hall–Kier alpha value is -0.670. The summed E-state index contributed by atoms with van der Waals surface area (Å²) in [5, 5.41) is 2.84. The summed E-state index contributed by atoms with van der Waals surface area (Å²) in [5.41, 5.74) is 0.554. The van der Waals surface area contributed by atoms with Crippen molar-refractivity contribution in [2.45, 2.75) is 84.7 Å². The Bertz CT molecular complexity index is 701. The van der Waals surface area contributed by atoms with Crippen LogP contribution in [0.2, 0.25) is 0 Å². The minimum absolute atomic E-state index is 0.255. The number of methoxy groups -OCH3 is 1. The van der Waals surface area contributed by atoms with Gasteiger partial charge >= 0.3 is 6.09 Å². The number of ether oxygens (including phenoxy) is 1. The summed E-state index contributed by atoms with van der Waals surface area (Å²) in [4.78, 5) is 25.0. The molecular formula is C25H42NO4P. The largest absolute Gasteiger partial charge is 0.453 e. The predicted molar refractivity (Wildman–Crippen MR) is 124 cm³/mol. The quantitative estimate of drug-likeness (QED) is 0.570. The molecule has 0 aromatic carbocycles. The van der Waals surface area contributed by atoms with Gasteiger partial charge in [-0.15, -0.1) is 0 Å². The van der Waals surface area contributed by atoms with Crippen LogP contribution in [0, 0.1) is 46.3 Å². The van der Waals surface area contributed by atoms with Gasteiger partial charge in [-0.2, -0.15) is 0 Å². The molecule has 4 aliphatic carbocycles. The molecule has 0 saturated heterocycles. The number of ketones is 1. The van der Waals surface area contributed by atoms with E-state index in [1.54, 1.807) is 0 Å². The van der Waals surface area contributed by atoms with Gasteiger partial charge in [-0.3, -0.25) is 4.79 Å². The third-order valence-corrected chi connectivity index (χ3v) is 10.8. The van der Waals surface area contributed by atoms with Crippen LogP contribution in [-0.2, 0) is 14.1 Å². The van der Waals surface area contributed by atoms with Gasteiger partial charge in [0.25, 0.3) is 0 Å². The Balaban J connectivity index is 1.48. The van der Waals surface area contributed by atoms with E-state index in [1.165, 1.54) is 39.2 Å². The van der Waals surface area contributed by atoms with Crippen molar-refractivity contribution in [2.24, 2.45) is 46.3 Å². The molecule has 4 aliphatic rings. The number of fused-ring (bicyclic) bond motifs is 5. The number of Topliss-reactive ketones (excluding diaryl/α,β-unsaturated/α-hetero) is 1. The highest BCUT2D eigenvalue weighted by Crippen LogP contribution is 2.67. The van der Waals surface area contributed by atoms with E-state index in [9.17, 15) is 9.59 Å². The Morgan fingerprint density at radius 2 is 1.87 bits per heavy atom. The maximum absolute atomic E-state index is 13.6. The van der Waals surface area contributed by atoms with Crippen molar-refractivity contribution in [3.05, 3.63) is 0 Å². The lowest BCUT2D eigenvalue weighted by molar-refractivity contribution is -0.159. The number of carbonyl (C=O) groups is 2. The fourth-order valence-corrected chi connectivity index (χ4v) is 8.91. The number of amides is 1. The van der Waals surface area contributed by atoms with Gasteiger partial charge in [0, 0.05) is 28.4 Å². The molecule has 4 fully saturated rings. The molecule has 31 heavy (non-hydrogen) atoms. The van der Waals surface area contributed by atoms with Crippen LogP contribution in [-0.4, -0.2) is 31.6 Å². The molecule has 0 heterocycles. The zero-order valence-corrected chi connectivity index (χ0v) is 21.0. The number of nitrogens with one attached hydrogen (secondary N) is 1. The summed E-state index contributed by atoms with van der Waals surface area (Å²) in [6, 6.07) is 0. The molecule has 176 valence electrons. The smallest absolute Gasteiger partial charge is 0.406 e. The monoisotopic (exact) mass is 451 g/mol. The molecule has 0 aromatic heterocycles. The summed E-state index contributed by atoms with van der Waals surface area (Å²) < 4.78 is 10.3. The summed E-state index contributed by atoms with van der Waals surface area (Å²) in [6.07, 6.45) is 9.93. The average molecular weight is 452 g/mol. The molecule has 4 rings (SSSR count). The van der Waals surface area contributed by atoms with Crippen LogP contribution in [0.5, 0.6) is 0 Å². The first-order chi connectivity index (χ1) is 14.7. The van der Waals surface area contributed by atoms with Crippen molar-refractivity contribution in [3.8, 4) is 0 Å². The molecule has 1 N–H and O–H groups in total. The van der Waals surface area contributed by atoms with Gasteiger partial charge < -0.3 is 14.6 Å². The number of rotatable bonds is 5. The number of carbonyl (C=O) groups excluding carboxylic acids is 2. The van der Waals surface area contributed by atoms with Gasteiger partial charge in [0.15, 0.2) is 0 Å². The van der Waals surface area contributed by atoms with Gasteiger partial charge in [-0.1, -0.05) is 20.8 Å². The Kier molecular flexibility index (Phi) is 6.77. The lowest BCUT2D eigenvalue weighted by atomic mass is 9.44. The van der Waals surface area contributed by atoms with Gasteiger partial charge in [0.1, 0.15) is 5.78 Å². The van der Waals surface area contributed by atoms with Crippen LogP contribution >= 0.6 is 9.47 Å². The molecule has 0 aromatic rings. The van der Waals surface area contributed by atoms with E-state index in [0.29, 0.717) is 53.4 Å². The van der Waals surface area contributed by atoms with Gasteiger partial charge in [-0.25, -0.2) is 4.79 Å². The van der Waals surface area contributed by atoms with E-state index >= 15 is 0 Å². The van der Waals surface area contributed by atoms with Crippen molar-refractivity contribution < 1.29 is 18.8 Å². The zero-order chi connectivity index (χ0) is 22.4. The van der Waals surface area contributed by atoms with Crippen LogP contribution in [0.15, 0.2) is 0 Å². The standard InChI is InChI=1S/C25H42NO4P/c1-15(9-12-26-23(28)29-4)18-5-6-19-22-20(8-11-25(18,19)3)24(2)10-7-17(30-31)13-16(24)14-21(22)27/h15-20,22H,5-14,31H2,1-4H3,(H,26,28)/t15-,16+,17-,18-,19+,20+,22+,24+,25-/m1/s1. The summed E-state index contributed by atoms with van der Waals surface area (Å²) in [5.74, 6) is 3.57. The second-order valence-electron chi connectivity index (χ2n) is 11.6. The molecule has 0 bridgehead atoms. The summed E-state index contributed by atoms with van der Waals surface area (Å²) in [6.45, 7) is 7.98. The van der Waals surface area contributed by atoms with E-state index in [1.807, 2.05) is 0 Å². The van der Waals surface area contributed by atoms with E-state index in [2.05, 4.69) is 35.6 Å². The molecule has 0 spiro atoms. The minimum atomic E-state index is -0.347. The Morgan fingerprint density at radius 1 is 1.16 bits per heavy atom. The lowest BCUT2D eigenvalue weighted by Crippen LogP contribution is -2.57. The number of alkyl carbamates (subject to hydrolysis) is 1. The molecule has 0 radical (unpaired) electrons. The first-order valence-corrected chi connectivity index (χ1v) is 12.9. The fraction of sp³-hybridized carbons (Fsp3) is 0.920. The first kappa shape index (κ1) is 23.5. The second-order valence-corrected chi connectivity index (χ2v) is 11.8. The van der Waals surface area contributed by atoms with Crippen molar-refractivity contribution in [3.63, 3.8) is 0 Å². The fourth-order valence-electron chi connectivity index (χ4n) is 8.67. The minimum Gasteiger partial charge on any atom is -0.453 e. The van der Waals surface area contributed by atoms with Gasteiger partial charge in [0.2, 0.25) is 0 Å². The molecule has 4 saturated carbocycles. The molecule has 10 atom stereocenters. The second kappa shape index (κ2) is 8.93. The van der Waals surface area contributed by atoms with Gasteiger partial charge in [0.05, 0.1) is 13.2 Å². The SMILES string of the molecule is COC(=O)NCC[C@@H](C)[C@H]1CC[C@H]2[C@@H]3C(=O)C[C@@H]4C[C@H](OP)CC[C@]4(C)[C@H]3CC[C@]12C. The molecule has 0 aliphatic heterocycles. The normalized spacial score (nSPS) is 45.3. The highest BCUT2D eigenvalue weighted by Gasteiger charge is 2.63. The lowest BCUT2D eigenvalue weighted by Gasteiger charge is -2.60. The molecular weight excluding hydrogens is 409 g/mol. The van der Waals surface area contributed by atoms with Crippen molar-refractivity contribution >= 4 is 21.3 Å². The predicted octanol–water partition coefficient (Wildman–Crippen LogP) is 5.38. The maximum atomic E-state index is 13.6.